The summed E-state index contributed by atoms with van der Waals surface area (Å²) in [4.78, 5) is 14.4. The van der Waals surface area contributed by atoms with Gasteiger partial charge in [-0.05, 0) is 42.7 Å². The Kier molecular flexibility index (Phi) is 7.36. The molecule has 1 saturated heterocycles. The van der Waals surface area contributed by atoms with Crippen LogP contribution in [0, 0.1) is 0 Å². The van der Waals surface area contributed by atoms with Gasteiger partial charge in [0.2, 0.25) is 0 Å². The van der Waals surface area contributed by atoms with Gasteiger partial charge in [0.15, 0.2) is 0 Å². The van der Waals surface area contributed by atoms with Crippen LogP contribution in [-0.2, 0) is 6.54 Å². The van der Waals surface area contributed by atoms with Crippen LogP contribution in [0.5, 0.6) is 5.75 Å². The van der Waals surface area contributed by atoms with E-state index in [9.17, 15) is 4.79 Å². The lowest BCUT2D eigenvalue weighted by molar-refractivity contribution is 0.186. The van der Waals surface area contributed by atoms with Crippen LogP contribution in [0.1, 0.15) is 18.4 Å². The van der Waals surface area contributed by atoms with E-state index in [2.05, 4.69) is 27.7 Å². The summed E-state index contributed by atoms with van der Waals surface area (Å²) in [6.07, 6.45) is 1.92. The van der Waals surface area contributed by atoms with Crippen LogP contribution in [-0.4, -0.2) is 43.2 Å². The van der Waals surface area contributed by atoms with E-state index in [-0.39, 0.29) is 12.1 Å². The normalized spacial score (nSPS) is 15.3. The number of urea groups is 1. The Hall–Kier alpha value is -2.24. The fourth-order valence-corrected chi connectivity index (χ4v) is 3.30. The van der Waals surface area contributed by atoms with Gasteiger partial charge in [0.1, 0.15) is 12.4 Å². The number of amides is 2. The zero-order valence-electron chi connectivity index (χ0n) is 15.4. The van der Waals surface area contributed by atoms with Crippen molar-refractivity contribution < 1.29 is 9.53 Å². The van der Waals surface area contributed by atoms with Gasteiger partial charge < -0.3 is 15.4 Å². The average molecular weight is 388 g/mol. The third kappa shape index (κ3) is 6.77. The maximum absolute atomic E-state index is 12.0. The summed E-state index contributed by atoms with van der Waals surface area (Å²) < 4.78 is 5.57. The number of hydrogen-bond acceptors (Lipinski definition) is 3. The summed E-state index contributed by atoms with van der Waals surface area (Å²) in [7, 11) is 0. The number of benzene rings is 2. The Labute approximate surface area is 165 Å². The lowest BCUT2D eigenvalue weighted by Crippen LogP contribution is -2.48. The molecule has 0 atom stereocenters. The summed E-state index contributed by atoms with van der Waals surface area (Å²) in [5.74, 6) is 0.813. The SMILES string of the molecule is O=C(NCCOc1ccccc1)NC1CCN(Cc2ccc(Cl)cc2)CC1. The molecule has 1 aliphatic rings. The van der Waals surface area contributed by atoms with Crippen LogP contribution in [0.25, 0.3) is 0 Å². The van der Waals surface area contributed by atoms with E-state index < -0.39 is 0 Å². The second kappa shape index (κ2) is 10.2. The molecular weight excluding hydrogens is 362 g/mol. The number of hydrogen-bond donors (Lipinski definition) is 2. The Morgan fingerprint density at radius 2 is 1.78 bits per heavy atom. The van der Waals surface area contributed by atoms with Crippen molar-refractivity contribution in [1.29, 1.82) is 0 Å². The first kappa shape index (κ1) is 19.5. The number of nitrogens with zero attached hydrogens (tertiary/aromatic N) is 1. The van der Waals surface area contributed by atoms with Crippen molar-refractivity contribution in [1.82, 2.24) is 15.5 Å². The molecule has 144 valence electrons. The monoisotopic (exact) mass is 387 g/mol. The summed E-state index contributed by atoms with van der Waals surface area (Å²) in [5.41, 5.74) is 1.27. The molecule has 0 spiro atoms. The minimum absolute atomic E-state index is 0.122. The Balaban J connectivity index is 1.29. The topological polar surface area (TPSA) is 53.6 Å². The molecule has 27 heavy (non-hydrogen) atoms. The van der Waals surface area contributed by atoms with Gasteiger partial charge in [0.05, 0.1) is 6.54 Å². The molecule has 1 fully saturated rings. The molecule has 1 aliphatic heterocycles. The third-order valence-corrected chi connectivity index (χ3v) is 4.89. The van der Waals surface area contributed by atoms with Crippen molar-refractivity contribution >= 4 is 17.6 Å². The van der Waals surface area contributed by atoms with E-state index >= 15 is 0 Å². The van der Waals surface area contributed by atoms with Crippen molar-refractivity contribution in [2.45, 2.75) is 25.4 Å². The molecular formula is C21H26ClN3O2. The standard InChI is InChI=1S/C21H26ClN3O2/c22-18-8-6-17(7-9-18)16-25-13-10-19(11-14-25)24-21(26)23-12-15-27-20-4-2-1-3-5-20/h1-9,19H,10-16H2,(H2,23,24,26). The van der Waals surface area contributed by atoms with Crippen LogP contribution in [0.15, 0.2) is 54.6 Å². The Morgan fingerprint density at radius 1 is 1.07 bits per heavy atom. The lowest BCUT2D eigenvalue weighted by Gasteiger charge is -2.32. The number of para-hydroxylation sites is 1. The van der Waals surface area contributed by atoms with E-state index in [0.717, 1.165) is 43.2 Å². The fourth-order valence-electron chi connectivity index (χ4n) is 3.17. The number of halogens is 1. The highest BCUT2D eigenvalue weighted by atomic mass is 35.5. The summed E-state index contributed by atoms with van der Waals surface area (Å²) in [6.45, 7) is 3.81. The molecule has 2 N–H and O–H groups in total. The van der Waals surface area contributed by atoms with E-state index in [1.807, 2.05) is 42.5 Å². The largest absolute Gasteiger partial charge is 0.492 e. The number of carbonyl (C=O) groups excluding carboxylic acids is 1. The zero-order valence-corrected chi connectivity index (χ0v) is 16.1. The number of piperidine rings is 1. The molecule has 0 aliphatic carbocycles. The first-order valence-electron chi connectivity index (χ1n) is 9.38. The van der Waals surface area contributed by atoms with Crippen LogP contribution >= 0.6 is 11.6 Å². The first-order valence-corrected chi connectivity index (χ1v) is 9.76. The molecule has 0 aromatic heterocycles. The molecule has 2 aromatic carbocycles. The number of nitrogens with one attached hydrogen (secondary N) is 2. The molecule has 0 unspecified atom stereocenters. The molecule has 6 heteroatoms. The first-order chi connectivity index (χ1) is 13.2. The Bertz CT molecular complexity index is 701. The third-order valence-electron chi connectivity index (χ3n) is 4.64. The molecule has 0 radical (unpaired) electrons. The van der Waals surface area contributed by atoms with E-state index in [1.165, 1.54) is 5.56 Å². The minimum Gasteiger partial charge on any atom is -0.492 e. The molecule has 3 rings (SSSR count). The van der Waals surface area contributed by atoms with Gasteiger partial charge in [0, 0.05) is 30.7 Å². The van der Waals surface area contributed by atoms with Crippen LogP contribution in [0.4, 0.5) is 4.79 Å². The smallest absolute Gasteiger partial charge is 0.315 e. The average Bonchev–Trinajstić information content (AvgIpc) is 2.69. The van der Waals surface area contributed by atoms with Gasteiger partial charge in [0.25, 0.3) is 0 Å². The highest BCUT2D eigenvalue weighted by Crippen LogP contribution is 2.16. The van der Waals surface area contributed by atoms with E-state index in [0.29, 0.717) is 13.2 Å². The molecule has 2 amide bonds. The second-order valence-electron chi connectivity index (χ2n) is 6.74. The van der Waals surface area contributed by atoms with Crippen LogP contribution < -0.4 is 15.4 Å². The highest BCUT2D eigenvalue weighted by Gasteiger charge is 2.20. The van der Waals surface area contributed by atoms with Gasteiger partial charge in [-0.15, -0.1) is 0 Å². The lowest BCUT2D eigenvalue weighted by atomic mass is 10.0. The summed E-state index contributed by atoms with van der Waals surface area (Å²) >= 11 is 5.93. The highest BCUT2D eigenvalue weighted by molar-refractivity contribution is 6.30. The van der Waals surface area contributed by atoms with Crippen molar-refractivity contribution in [3.8, 4) is 5.75 Å². The van der Waals surface area contributed by atoms with Crippen molar-refractivity contribution in [2.75, 3.05) is 26.2 Å². The molecule has 0 saturated carbocycles. The molecule has 2 aromatic rings. The number of rotatable bonds is 7. The second-order valence-corrected chi connectivity index (χ2v) is 7.18. The van der Waals surface area contributed by atoms with Crippen molar-refractivity contribution in [2.24, 2.45) is 0 Å². The maximum Gasteiger partial charge on any atom is 0.315 e. The molecule has 0 bridgehead atoms. The maximum atomic E-state index is 12.0. The minimum atomic E-state index is -0.122. The van der Waals surface area contributed by atoms with Gasteiger partial charge in [-0.25, -0.2) is 4.79 Å². The van der Waals surface area contributed by atoms with Gasteiger partial charge in [-0.2, -0.15) is 0 Å². The van der Waals surface area contributed by atoms with Crippen LogP contribution in [0.3, 0.4) is 0 Å². The van der Waals surface area contributed by atoms with E-state index in [4.69, 9.17) is 16.3 Å². The predicted molar refractivity (Wildman–Crippen MR) is 108 cm³/mol. The number of carbonyl (C=O) groups is 1. The quantitative estimate of drug-likeness (QED) is 0.712. The van der Waals surface area contributed by atoms with Crippen molar-refractivity contribution in [3.05, 3.63) is 65.2 Å². The van der Waals surface area contributed by atoms with Crippen molar-refractivity contribution in [3.63, 3.8) is 0 Å². The fraction of sp³-hybridized carbons (Fsp3) is 0.381. The van der Waals surface area contributed by atoms with Crippen LogP contribution in [0.2, 0.25) is 5.02 Å². The summed E-state index contributed by atoms with van der Waals surface area (Å²) in [5, 5.41) is 6.68. The number of ether oxygens (including phenoxy) is 1. The zero-order chi connectivity index (χ0) is 18.9. The van der Waals surface area contributed by atoms with E-state index in [1.54, 1.807) is 0 Å². The van der Waals surface area contributed by atoms with Gasteiger partial charge in [-0.1, -0.05) is 41.9 Å². The number of likely N-dealkylation sites (tertiary alicyclic amines) is 1. The predicted octanol–water partition coefficient (Wildman–Crippen LogP) is 3.68. The van der Waals surface area contributed by atoms with Gasteiger partial charge in [-0.3, -0.25) is 4.90 Å². The molecule has 5 nitrogen and oxygen atoms in total. The van der Waals surface area contributed by atoms with Gasteiger partial charge >= 0.3 is 6.03 Å². The molecule has 1 heterocycles. The Morgan fingerprint density at radius 3 is 2.48 bits per heavy atom. The summed E-state index contributed by atoms with van der Waals surface area (Å²) in [6, 6.07) is 17.7.